The molecule has 104 valence electrons. The lowest BCUT2D eigenvalue weighted by molar-refractivity contribution is -0.132. The number of nitrogens with zero attached hydrogens (tertiary/aromatic N) is 1. The van der Waals surface area contributed by atoms with Gasteiger partial charge in [0.25, 0.3) is 0 Å². The average Bonchev–Trinajstić information content (AvgIpc) is 2.71. The molecule has 2 rings (SSSR count). The molecule has 1 fully saturated rings. The minimum Gasteiger partial charge on any atom is -0.384 e. The number of methoxy groups -OCH3 is 1. The van der Waals surface area contributed by atoms with Gasteiger partial charge < -0.3 is 15.0 Å². The third kappa shape index (κ3) is 4.04. The molecule has 0 aliphatic carbocycles. The lowest BCUT2D eigenvalue weighted by atomic mass is 10.1. The maximum Gasteiger partial charge on any atom is 0.224 e. The molecule has 0 saturated carbocycles. The minimum atomic E-state index is 0.187. The molecule has 0 radical (unpaired) electrons. The van der Waals surface area contributed by atoms with Gasteiger partial charge in [0, 0.05) is 26.2 Å². The molecule has 1 unspecified atom stereocenters. The molecule has 1 aromatic rings. The van der Waals surface area contributed by atoms with Crippen molar-refractivity contribution in [3.8, 4) is 0 Å². The van der Waals surface area contributed by atoms with Gasteiger partial charge in [0.05, 0.1) is 13.0 Å². The lowest BCUT2D eigenvalue weighted by Crippen LogP contribution is -2.36. The molecule has 1 N–H and O–H groups in total. The van der Waals surface area contributed by atoms with Crippen LogP contribution in [0.1, 0.15) is 24.4 Å². The number of nitrogens with one attached hydrogen (secondary N) is 1. The van der Waals surface area contributed by atoms with Crippen LogP contribution in [0.25, 0.3) is 0 Å². The van der Waals surface area contributed by atoms with Gasteiger partial charge in [0.2, 0.25) is 5.91 Å². The number of ether oxygens (including phenoxy) is 1. The maximum atomic E-state index is 12.1. The van der Waals surface area contributed by atoms with E-state index in [1.165, 1.54) is 5.56 Å². The van der Waals surface area contributed by atoms with Crippen LogP contribution in [0.15, 0.2) is 30.3 Å². The Hall–Kier alpha value is -1.39. The molecule has 1 aliphatic heterocycles. The van der Waals surface area contributed by atoms with E-state index in [4.69, 9.17) is 4.74 Å². The van der Waals surface area contributed by atoms with Crippen LogP contribution in [0.3, 0.4) is 0 Å². The fourth-order valence-corrected chi connectivity index (χ4v) is 2.41. The van der Waals surface area contributed by atoms with Gasteiger partial charge in [0.15, 0.2) is 0 Å². The molecule has 1 saturated heterocycles. The van der Waals surface area contributed by atoms with Crippen molar-refractivity contribution in [2.45, 2.75) is 18.9 Å². The quantitative estimate of drug-likeness (QED) is 0.896. The van der Waals surface area contributed by atoms with Crippen LogP contribution in [0.4, 0.5) is 0 Å². The highest BCUT2D eigenvalue weighted by molar-refractivity contribution is 5.76. The van der Waals surface area contributed by atoms with Gasteiger partial charge in [-0.1, -0.05) is 30.3 Å². The molecule has 0 spiro atoms. The molecular weight excluding hydrogens is 240 g/mol. The first-order valence-corrected chi connectivity index (χ1v) is 6.86. The zero-order valence-electron chi connectivity index (χ0n) is 11.5. The number of carbonyl (C=O) groups is 1. The van der Waals surface area contributed by atoms with Crippen LogP contribution in [0.2, 0.25) is 0 Å². The van der Waals surface area contributed by atoms with Crippen molar-refractivity contribution in [2.24, 2.45) is 0 Å². The van der Waals surface area contributed by atoms with Gasteiger partial charge >= 0.3 is 0 Å². The summed E-state index contributed by atoms with van der Waals surface area (Å²) in [6, 6.07) is 10.6. The Bertz CT molecular complexity index is 394. The van der Waals surface area contributed by atoms with Crippen LogP contribution >= 0.6 is 0 Å². The molecular formula is C15H22N2O2. The summed E-state index contributed by atoms with van der Waals surface area (Å²) >= 11 is 0. The second kappa shape index (κ2) is 7.26. The van der Waals surface area contributed by atoms with Crippen molar-refractivity contribution in [3.05, 3.63) is 35.9 Å². The lowest BCUT2D eigenvalue weighted by Gasteiger charge is -2.25. The Kier molecular flexibility index (Phi) is 5.36. The van der Waals surface area contributed by atoms with E-state index in [1.807, 2.05) is 23.1 Å². The minimum absolute atomic E-state index is 0.187. The Labute approximate surface area is 114 Å². The largest absolute Gasteiger partial charge is 0.384 e. The first kappa shape index (κ1) is 14.0. The van der Waals surface area contributed by atoms with Crippen LogP contribution in [-0.4, -0.2) is 44.2 Å². The zero-order chi connectivity index (χ0) is 13.5. The summed E-state index contributed by atoms with van der Waals surface area (Å²) in [6.45, 7) is 3.03. The Morgan fingerprint density at radius 1 is 1.42 bits per heavy atom. The normalized spacial score (nSPS) is 20.1. The van der Waals surface area contributed by atoms with Crippen molar-refractivity contribution in [1.82, 2.24) is 10.2 Å². The van der Waals surface area contributed by atoms with E-state index < -0.39 is 0 Å². The van der Waals surface area contributed by atoms with E-state index in [1.54, 1.807) is 7.11 Å². The molecule has 1 aromatic carbocycles. The summed E-state index contributed by atoms with van der Waals surface area (Å²) in [5, 5.41) is 3.51. The number of amides is 1. The summed E-state index contributed by atoms with van der Waals surface area (Å²) in [5.74, 6) is 0.187. The van der Waals surface area contributed by atoms with Crippen molar-refractivity contribution >= 4 is 5.91 Å². The molecule has 1 atom stereocenters. The predicted octanol–water partition coefficient (Wildman–Crippen LogP) is 1.59. The smallest absolute Gasteiger partial charge is 0.224 e. The topological polar surface area (TPSA) is 41.6 Å². The van der Waals surface area contributed by atoms with Crippen LogP contribution in [0.5, 0.6) is 0 Å². The third-order valence-corrected chi connectivity index (χ3v) is 3.47. The van der Waals surface area contributed by atoms with E-state index in [0.717, 1.165) is 26.1 Å². The van der Waals surface area contributed by atoms with Gasteiger partial charge in [-0.05, 0) is 18.5 Å². The Morgan fingerprint density at radius 2 is 2.21 bits per heavy atom. The number of benzene rings is 1. The molecule has 0 bridgehead atoms. The van der Waals surface area contributed by atoms with E-state index >= 15 is 0 Å². The number of carbonyl (C=O) groups excluding carboxylic acids is 1. The van der Waals surface area contributed by atoms with Crippen LogP contribution in [-0.2, 0) is 9.53 Å². The molecule has 1 amide bonds. The number of rotatable bonds is 4. The van der Waals surface area contributed by atoms with Gasteiger partial charge in [0.1, 0.15) is 0 Å². The van der Waals surface area contributed by atoms with Gasteiger partial charge in [-0.3, -0.25) is 4.79 Å². The van der Waals surface area contributed by atoms with Crippen molar-refractivity contribution in [3.63, 3.8) is 0 Å². The highest BCUT2D eigenvalue weighted by atomic mass is 16.5. The maximum absolute atomic E-state index is 12.1. The average molecular weight is 262 g/mol. The van der Waals surface area contributed by atoms with E-state index in [2.05, 4.69) is 17.4 Å². The second-order valence-corrected chi connectivity index (χ2v) is 4.85. The third-order valence-electron chi connectivity index (χ3n) is 3.47. The molecule has 0 aromatic heterocycles. The molecule has 19 heavy (non-hydrogen) atoms. The Morgan fingerprint density at radius 3 is 2.95 bits per heavy atom. The first-order valence-electron chi connectivity index (χ1n) is 6.86. The van der Waals surface area contributed by atoms with Gasteiger partial charge in [-0.2, -0.15) is 0 Å². The molecule has 1 aliphatic rings. The fourth-order valence-electron chi connectivity index (χ4n) is 2.41. The molecule has 4 heteroatoms. The fraction of sp³-hybridized carbons (Fsp3) is 0.533. The van der Waals surface area contributed by atoms with E-state index in [9.17, 15) is 4.79 Å². The first-order chi connectivity index (χ1) is 9.31. The van der Waals surface area contributed by atoms with Crippen molar-refractivity contribution < 1.29 is 9.53 Å². The summed E-state index contributed by atoms with van der Waals surface area (Å²) in [6.07, 6.45) is 1.47. The Balaban J connectivity index is 2.00. The van der Waals surface area contributed by atoms with E-state index in [0.29, 0.717) is 13.0 Å². The summed E-state index contributed by atoms with van der Waals surface area (Å²) in [4.78, 5) is 14.1. The van der Waals surface area contributed by atoms with Crippen LogP contribution in [0, 0.1) is 0 Å². The monoisotopic (exact) mass is 262 g/mol. The van der Waals surface area contributed by atoms with Crippen molar-refractivity contribution in [2.75, 3.05) is 33.4 Å². The highest BCUT2D eigenvalue weighted by Crippen LogP contribution is 2.17. The summed E-state index contributed by atoms with van der Waals surface area (Å²) in [5.41, 5.74) is 1.24. The SMILES string of the molecule is COCCC(=O)N1CCCNC(c2ccccc2)C1. The summed E-state index contributed by atoms with van der Waals surface area (Å²) < 4.78 is 4.98. The van der Waals surface area contributed by atoms with Gasteiger partial charge in [-0.15, -0.1) is 0 Å². The highest BCUT2D eigenvalue weighted by Gasteiger charge is 2.22. The summed E-state index contributed by atoms with van der Waals surface area (Å²) in [7, 11) is 1.63. The zero-order valence-corrected chi connectivity index (χ0v) is 11.5. The van der Waals surface area contributed by atoms with E-state index in [-0.39, 0.29) is 11.9 Å². The van der Waals surface area contributed by atoms with Crippen LogP contribution < -0.4 is 5.32 Å². The van der Waals surface area contributed by atoms with Crippen molar-refractivity contribution in [1.29, 1.82) is 0 Å². The molecule has 4 nitrogen and oxygen atoms in total. The molecule has 1 heterocycles. The predicted molar refractivity (Wildman–Crippen MR) is 74.9 cm³/mol. The van der Waals surface area contributed by atoms with Gasteiger partial charge in [-0.25, -0.2) is 0 Å². The standard InChI is InChI=1S/C15H22N2O2/c1-19-11-8-15(18)17-10-5-9-16-14(12-17)13-6-3-2-4-7-13/h2-4,6-7,14,16H,5,8-12H2,1H3. The number of hydrogen-bond acceptors (Lipinski definition) is 3. The second-order valence-electron chi connectivity index (χ2n) is 4.85. The number of hydrogen-bond donors (Lipinski definition) is 1.